The fraction of sp³-hybridized carbons (Fsp3) is 0. The average Bonchev–Trinajstić information content (AvgIpc) is 2.37. The molecule has 0 fully saturated rings. The molecule has 0 heterocycles. The number of non-ortho nitro benzene ring substituents is 1. The van der Waals surface area contributed by atoms with Gasteiger partial charge in [0.1, 0.15) is 10.6 Å². The van der Waals surface area contributed by atoms with E-state index in [0.29, 0.717) is 0 Å². The first-order valence-corrected chi connectivity index (χ1v) is 7.59. The summed E-state index contributed by atoms with van der Waals surface area (Å²) < 4.78 is 29.0. The van der Waals surface area contributed by atoms with Gasteiger partial charge in [-0.15, -0.1) is 0 Å². The first-order valence-electron chi connectivity index (χ1n) is 5.43. The molecule has 9 heteroatoms. The van der Waals surface area contributed by atoms with Gasteiger partial charge in [0.05, 0.1) is 11.0 Å². The summed E-state index contributed by atoms with van der Waals surface area (Å²) in [5.41, 5.74) is -0.285. The second kappa shape index (κ2) is 5.88. The molecule has 0 aliphatic carbocycles. The summed E-state index contributed by atoms with van der Waals surface area (Å²) in [5, 5.41) is 10.9. The van der Waals surface area contributed by atoms with Crippen molar-refractivity contribution in [3.63, 3.8) is 0 Å². The normalized spacial score (nSPS) is 11.1. The first-order chi connectivity index (χ1) is 9.78. The molecule has 0 N–H and O–H groups in total. The van der Waals surface area contributed by atoms with Crippen molar-refractivity contribution in [3.8, 4) is 5.75 Å². The molecule has 110 valence electrons. The van der Waals surface area contributed by atoms with Gasteiger partial charge >= 0.3 is 10.1 Å². The zero-order chi connectivity index (χ0) is 15.6. The number of hydrogen-bond donors (Lipinski definition) is 0. The highest BCUT2D eigenvalue weighted by atomic mass is 35.5. The lowest BCUT2D eigenvalue weighted by Gasteiger charge is -2.07. The van der Waals surface area contributed by atoms with E-state index in [4.69, 9.17) is 27.4 Å². The zero-order valence-electron chi connectivity index (χ0n) is 10.2. The Kier molecular flexibility index (Phi) is 4.36. The van der Waals surface area contributed by atoms with Gasteiger partial charge in [0.2, 0.25) is 0 Å². The van der Waals surface area contributed by atoms with E-state index >= 15 is 0 Å². The van der Waals surface area contributed by atoms with E-state index in [2.05, 4.69) is 0 Å². The van der Waals surface area contributed by atoms with Crippen molar-refractivity contribution in [3.05, 3.63) is 62.6 Å². The molecule has 0 aliphatic heterocycles. The fourth-order valence-electron chi connectivity index (χ4n) is 1.50. The van der Waals surface area contributed by atoms with Crippen molar-refractivity contribution in [2.24, 2.45) is 0 Å². The molecular formula is C12H7Cl2NO5S. The Labute approximate surface area is 130 Å². The minimum atomic E-state index is -4.19. The Bertz CT molecular complexity index is 787. The lowest BCUT2D eigenvalue weighted by Crippen LogP contribution is -2.10. The minimum absolute atomic E-state index is 0.128. The average molecular weight is 348 g/mol. The van der Waals surface area contributed by atoms with Crippen molar-refractivity contribution >= 4 is 39.0 Å². The van der Waals surface area contributed by atoms with Crippen LogP contribution in [0.4, 0.5) is 5.69 Å². The molecule has 21 heavy (non-hydrogen) atoms. The maximum absolute atomic E-state index is 12.1. The zero-order valence-corrected chi connectivity index (χ0v) is 12.5. The lowest BCUT2D eigenvalue weighted by molar-refractivity contribution is -0.384. The van der Waals surface area contributed by atoms with Crippen LogP contribution in [-0.4, -0.2) is 13.3 Å². The highest BCUT2D eigenvalue weighted by molar-refractivity contribution is 7.87. The largest absolute Gasteiger partial charge is 0.379 e. The standard InChI is InChI=1S/C12H7Cl2NO5S/c13-8-4-9(14)6-12(5-8)21(18,19)20-11-3-1-2-10(7-11)15(16)17/h1-7H. The molecule has 0 atom stereocenters. The van der Waals surface area contributed by atoms with Gasteiger partial charge < -0.3 is 4.18 Å². The van der Waals surface area contributed by atoms with Crippen molar-refractivity contribution in [1.29, 1.82) is 0 Å². The molecule has 6 nitrogen and oxygen atoms in total. The summed E-state index contributed by atoms with van der Waals surface area (Å²) in [6.45, 7) is 0. The molecule has 0 aromatic heterocycles. The van der Waals surface area contributed by atoms with E-state index in [1.165, 1.54) is 36.4 Å². The summed E-state index contributed by atoms with van der Waals surface area (Å²) in [4.78, 5) is 9.74. The van der Waals surface area contributed by atoms with Crippen LogP contribution in [-0.2, 0) is 10.1 Å². The maximum Gasteiger partial charge on any atom is 0.339 e. The van der Waals surface area contributed by atoms with Crippen LogP contribution < -0.4 is 4.18 Å². The van der Waals surface area contributed by atoms with Crippen LogP contribution in [0.5, 0.6) is 5.75 Å². The lowest BCUT2D eigenvalue weighted by atomic mass is 10.3. The van der Waals surface area contributed by atoms with Crippen LogP contribution in [0.15, 0.2) is 47.4 Å². The van der Waals surface area contributed by atoms with Crippen LogP contribution >= 0.6 is 23.2 Å². The Morgan fingerprint density at radius 3 is 2.24 bits per heavy atom. The Hall–Kier alpha value is -1.83. The van der Waals surface area contributed by atoms with Crippen molar-refractivity contribution in [2.75, 3.05) is 0 Å². The van der Waals surface area contributed by atoms with Crippen LogP contribution in [0, 0.1) is 10.1 Å². The van der Waals surface area contributed by atoms with Crippen molar-refractivity contribution in [1.82, 2.24) is 0 Å². The molecule has 0 spiro atoms. The molecule has 0 bridgehead atoms. The smallest absolute Gasteiger partial charge is 0.339 e. The predicted molar refractivity (Wildman–Crippen MR) is 77.4 cm³/mol. The van der Waals surface area contributed by atoms with Gasteiger partial charge in [-0.3, -0.25) is 10.1 Å². The van der Waals surface area contributed by atoms with E-state index in [0.717, 1.165) is 6.07 Å². The third-order valence-corrected chi connectivity index (χ3v) is 4.02. The van der Waals surface area contributed by atoms with Gasteiger partial charge in [-0.2, -0.15) is 8.42 Å². The molecule has 0 saturated heterocycles. The number of rotatable bonds is 4. The molecule has 2 aromatic rings. The van der Waals surface area contributed by atoms with Gasteiger partial charge in [0.15, 0.2) is 0 Å². The molecule has 0 aliphatic rings. The van der Waals surface area contributed by atoms with Crippen LogP contribution in [0.2, 0.25) is 10.0 Å². The SMILES string of the molecule is O=[N+]([O-])c1cccc(OS(=O)(=O)c2cc(Cl)cc(Cl)c2)c1. The predicted octanol–water partition coefficient (Wildman–Crippen LogP) is 3.67. The Balaban J connectivity index is 2.37. The Morgan fingerprint density at radius 2 is 1.67 bits per heavy atom. The van der Waals surface area contributed by atoms with Crippen molar-refractivity contribution in [2.45, 2.75) is 4.90 Å². The summed E-state index contributed by atoms with van der Waals surface area (Å²) in [7, 11) is -4.19. The van der Waals surface area contributed by atoms with Crippen LogP contribution in [0.3, 0.4) is 0 Å². The topological polar surface area (TPSA) is 86.5 Å². The summed E-state index contributed by atoms with van der Waals surface area (Å²) in [6, 6.07) is 8.53. The highest BCUT2D eigenvalue weighted by Crippen LogP contribution is 2.26. The van der Waals surface area contributed by atoms with Gasteiger partial charge in [-0.25, -0.2) is 0 Å². The van der Waals surface area contributed by atoms with Crippen LogP contribution in [0.25, 0.3) is 0 Å². The van der Waals surface area contributed by atoms with Gasteiger partial charge in [-0.1, -0.05) is 29.3 Å². The van der Waals surface area contributed by atoms with E-state index in [1.54, 1.807) is 0 Å². The molecule has 0 amide bonds. The molecule has 2 aromatic carbocycles. The van der Waals surface area contributed by atoms with Crippen LogP contribution in [0.1, 0.15) is 0 Å². The Morgan fingerprint density at radius 1 is 1.05 bits per heavy atom. The molecule has 0 radical (unpaired) electrons. The fourth-order valence-corrected chi connectivity index (χ4v) is 3.15. The number of hydrogen-bond acceptors (Lipinski definition) is 5. The van der Waals surface area contributed by atoms with Gasteiger partial charge in [0, 0.05) is 16.1 Å². The molecule has 0 unspecified atom stereocenters. The molecule has 2 rings (SSSR count). The van der Waals surface area contributed by atoms with Crippen molar-refractivity contribution < 1.29 is 17.5 Å². The van der Waals surface area contributed by atoms with Gasteiger partial charge in [-0.05, 0) is 24.3 Å². The monoisotopic (exact) mass is 347 g/mol. The second-order valence-electron chi connectivity index (χ2n) is 3.90. The second-order valence-corrected chi connectivity index (χ2v) is 6.32. The van der Waals surface area contributed by atoms with E-state index in [9.17, 15) is 18.5 Å². The number of halogens is 2. The first kappa shape index (κ1) is 15.6. The summed E-state index contributed by atoms with van der Waals surface area (Å²) in [6.07, 6.45) is 0. The third-order valence-electron chi connectivity index (χ3n) is 2.36. The number of nitrogens with zero attached hydrogens (tertiary/aromatic N) is 1. The minimum Gasteiger partial charge on any atom is -0.379 e. The van der Waals surface area contributed by atoms with E-state index in [-0.39, 0.29) is 26.4 Å². The number of nitro groups is 1. The highest BCUT2D eigenvalue weighted by Gasteiger charge is 2.19. The van der Waals surface area contributed by atoms with Gasteiger partial charge in [0.25, 0.3) is 5.69 Å². The summed E-state index contributed by atoms with van der Waals surface area (Å²) in [5.74, 6) is -0.180. The van der Waals surface area contributed by atoms with E-state index < -0.39 is 15.0 Å². The summed E-state index contributed by atoms with van der Waals surface area (Å²) >= 11 is 11.5. The van der Waals surface area contributed by atoms with E-state index in [1.807, 2.05) is 0 Å². The number of nitro benzene ring substituents is 1. The quantitative estimate of drug-likeness (QED) is 0.478. The molecule has 0 saturated carbocycles. The maximum atomic E-state index is 12.1. The number of benzene rings is 2. The molecular weight excluding hydrogens is 341 g/mol. The third kappa shape index (κ3) is 3.84.